The minimum absolute atomic E-state index is 0.670. The minimum Gasteiger partial charge on any atom is -0.0999 e. The second-order valence-corrected chi connectivity index (χ2v) is 6.45. The van der Waals surface area contributed by atoms with Crippen LogP contribution in [0.5, 0.6) is 0 Å². The van der Waals surface area contributed by atoms with Crippen LogP contribution in [0.3, 0.4) is 0 Å². The summed E-state index contributed by atoms with van der Waals surface area (Å²) in [7, 11) is 0. The fourth-order valence-corrected chi connectivity index (χ4v) is 4.10. The quantitative estimate of drug-likeness (QED) is 0.540. The van der Waals surface area contributed by atoms with Crippen LogP contribution in [0, 0.1) is 23.2 Å². The van der Waals surface area contributed by atoms with Gasteiger partial charge in [0.25, 0.3) is 0 Å². The van der Waals surface area contributed by atoms with Gasteiger partial charge in [0, 0.05) is 0 Å². The van der Waals surface area contributed by atoms with E-state index in [1.807, 2.05) is 0 Å². The summed E-state index contributed by atoms with van der Waals surface area (Å²) in [6, 6.07) is 0. The fraction of sp³-hybridized carbons (Fsp3) is 0.867. The Bertz CT molecular complexity index is 253. The summed E-state index contributed by atoms with van der Waals surface area (Å²) in [4.78, 5) is 0. The van der Waals surface area contributed by atoms with E-state index in [-0.39, 0.29) is 0 Å². The second kappa shape index (κ2) is 3.96. The van der Waals surface area contributed by atoms with Crippen molar-refractivity contribution in [3.8, 4) is 0 Å². The maximum atomic E-state index is 4.16. The highest BCUT2D eigenvalue weighted by Crippen LogP contribution is 2.54. The molecule has 0 aromatic rings. The number of hydrogen-bond acceptors (Lipinski definition) is 0. The molecule has 0 nitrogen and oxygen atoms in total. The van der Waals surface area contributed by atoms with Crippen LogP contribution in [0.2, 0.25) is 0 Å². The molecule has 0 amide bonds. The lowest BCUT2D eigenvalue weighted by Crippen LogP contribution is -2.41. The van der Waals surface area contributed by atoms with Gasteiger partial charge in [-0.3, -0.25) is 0 Å². The number of rotatable bonds is 1. The van der Waals surface area contributed by atoms with Crippen molar-refractivity contribution in [2.75, 3.05) is 0 Å². The molecular formula is C15H26. The number of hydrogen-bond donors (Lipinski definition) is 0. The van der Waals surface area contributed by atoms with Crippen LogP contribution in [-0.2, 0) is 0 Å². The van der Waals surface area contributed by atoms with Gasteiger partial charge in [0.2, 0.25) is 0 Å². The third-order valence-electron chi connectivity index (χ3n) is 5.29. The molecule has 0 saturated heterocycles. The first-order valence-electron chi connectivity index (χ1n) is 6.68. The van der Waals surface area contributed by atoms with Gasteiger partial charge < -0.3 is 0 Å². The van der Waals surface area contributed by atoms with E-state index in [4.69, 9.17) is 0 Å². The molecule has 0 aliphatic heterocycles. The van der Waals surface area contributed by atoms with Gasteiger partial charge in [-0.05, 0) is 55.8 Å². The Kier molecular flexibility index (Phi) is 2.96. The zero-order chi connectivity index (χ0) is 11.1. The monoisotopic (exact) mass is 206 g/mol. The van der Waals surface area contributed by atoms with E-state index in [1.165, 1.54) is 44.1 Å². The third kappa shape index (κ3) is 2.00. The Morgan fingerprint density at radius 1 is 1.27 bits per heavy atom. The van der Waals surface area contributed by atoms with Crippen LogP contribution in [0.15, 0.2) is 12.2 Å². The van der Waals surface area contributed by atoms with Crippen molar-refractivity contribution in [1.29, 1.82) is 0 Å². The van der Waals surface area contributed by atoms with E-state index in [9.17, 15) is 0 Å². The van der Waals surface area contributed by atoms with E-state index in [2.05, 4.69) is 27.4 Å². The lowest BCUT2D eigenvalue weighted by atomic mass is 9.54. The van der Waals surface area contributed by atoms with E-state index in [0.29, 0.717) is 5.41 Å². The molecular weight excluding hydrogens is 180 g/mol. The second-order valence-electron chi connectivity index (χ2n) is 6.45. The van der Waals surface area contributed by atoms with Crippen molar-refractivity contribution in [3.05, 3.63) is 12.2 Å². The number of allylic oxidation sites excluding steroid dienone is 1. The summed E-state index contributed by atoms with van der Waals surface area (Å²) in [5.41, 5.74) is 2.10. The Hall–Kier alpha value is -0.260. The summed E-state index contributed by atoms with van der Waals surface area (Å²) < 4.78 is 0. The Morgan fingerprint density at radius 2 is 2.00 bits per heavy atom. The molecule has 0 heterocycles. The van der Waals surface area contributed by atoms with Crippen LogP contribution in [-0.4, -0.2) is 0 Å². The average Bonchev–Trinajstić information content (AvgIpc) is 2.17. The molecule has 4 atom stereocenters. The summed E-state index contributed by atoms with van der Waals surface area (Å²) in [6.07, 6.45) is 8.67. The third-order valence-corrected chi connectivity index (χ3v) is 5.29. The van der Waals surface area contributed by atoms with Crippen molar-refractivity contribution in [3.63, 3.8) is 0 Å². The van der Waals surface area contributed by atoms with Gasteiger partial charge in [-0.1, -0.05) is 38.8 Å². The van der Waals surface area contributed by atoms with Crippen LogP contribution in [0.4, 0.5) is 0 Å². The van der Waals surface area contributed by atoms with E-state index in [0.717, 1.165) is 17.8 Å². The molecule has 15 heavy (non-hydrogen) atoms. The smallest absolute Gasteiger partial charge is 0.0206 e. The Morgan fingerprint density at radius 3 is 2.67 bits per heavy atom. The van der Waals surface area contributed by atoms with Crippen molar-refractivity contribution < 1.29 is 0 Å². The molecule has 0 heteroatoms. The lowest BCUT2D eigenvalue weighted by molar-refractivity contribution is 0.00732. The highest BCUT2D eigenvalue weighted by molar-refractivity contribution is 5.04. The molecule has 2 fully saturated rings. The molecule has 86 valence electrons. The maximum Gasteiger partial charge on any atom is -0.0206 e. The molecule has 0 radical (unpaired) electrons. The van der Waals surface area contributed by atoms with Gasteiger partial charge in [-0.25, -0.2) is 0 Å². The number of fused-ring (bicyclic) bond motifs is 1. The van der Waals surface area contributed by atoms with Gasteiger partial charge >= 0.3 is 0 Å². The highest BCUT2D eigenvalue weighted by Gasteiger charge is 2.44. The van der Waals surface area contributed by atoms with Crippen LogP contribution in [0.25, 0.3) is 0 Å². The zero-order valence-corrected chi connectivity index (χ0v) is 10.7. The Labute approximate surface area is 95.1 Å². The van der Waals surface area contributed by atoms with Crippen molar-refractivity contribution >= 4 is 0 Å². The summed E-state index contributed by atoms with van der Waals surface area (Å²) in [5.74, 6) is 2.75. The zero-order valence-electron chi connectivity index (χ0n) is 10.7. The SMILES string of the molecule is C=C(C)C1CCC2(C)CCCC(C)C2C1. The van der Waals surface area contributed by atoms with Gasteiger partial charge in [-0.2, -0.15) is 0 Å². The molecule has 0 bridgehead atoms. The van der Waals surface area contributed by atoms with E-state index < -0.39 is 0 Å². The predicted octanol–water partition coefficient (Wildman–Crippen LogP) is 4.81. The molecule has 0 N–H and O–H groups in total. The van der Waals surface area contributed by atoms with Crippen LogP contribution < -0.4 is 0 Å². The molecule has 2 aliphatic carbocycles. The van der Waals surface area contributed by atoms with Crippen molar-refractivity contribution in [2.24, 2.45) is 23.2 Å². The van der Waals surface area contributed by atoms with Gasteiger partial charge in [-0.15, -0.1) is 0 Å². The summed E-state index contributed by atoms with van der Waals surface area (Å²) in [6.45, 7) is 11.4. The molecule has 0 aromatic carbocycles. The lowest BCUT2D eigenvalue weighted by Gasteiger charge is -2.51. The first-order valence-corrected chi connectivity index (χ1v) is 6.68. The first kappa shape index (κ1) is 11.2. The van der Waals surface area contributed by atoms with Gasteiger partial charge in [0.15, 0.2) is 0 Å². The fourth-order valence-electron chi connectivity index (χ4n) is 4.10. The van der Waals surface area contributed by atoms with E-state index in [1.54, 1.807) is 0 Å². The normalized spacial score (nSPS) is 45.9. The topological polar surface area (TPSA) is 0 Å². The summed E-state index contributed by atoms with van der Waals surface area (Å²) in [5, 5.41) is 0. The van der Waals surface area contributed by atoms with E-state index >= 15 is 0 Å². The largest absolute Gasteiger partial charge is 0.0999 e. The molecule has 2 aliphatic rings. The van der Waals surface area contributed by atoms with Crippen LogP contribution in [0.1, 0.15) is 59.3 Å². The molecule has 2 saturated carbocycles. The van der Waals surface area contributed by atoms with Crippen molar-refractivity contribution in [2.45, 2.75) is 59.3 Å². The first-order chi connectivity index (χ1) is 7.03. The molecule has 2 rings (SSSR count). The summed E-state index contributed by atoms with van der Waals surface area (Å²) >= 11 is 0. The molecule has 0 spiro atoms. The van der Waals surface area contributed by atoms with Gasteiger partial charge in [0.1, 0.15) is 0 Å². The molecule has 4 unspecified atom stereocenters. The average molecular weight is 206 g/mol. The predicted molar refractivity (Wildman–Crippen MR) is 66.8 cm³/mol. The van der Waals surface area contributed by atoms with Crippen LogP contribution >= 0.6 is 0 Å². The standard InChI is InChI=1S/C15H26/c1-11(2)13-7-9-15(4)8-5-6-12(3)14(15)10-13/h12-14H,1,5-10H2,2-4H3. The maximum absolute atomic E-state index is 4.16. The highest BCUT2D eigenvalue weighted by atomic mass is 14.5. The minimum atomic E-state index is 0.670. The van der Waals surface area contributed by atoms with Gasteiger partial charge in [0.05, 0.1) is 0 Å². The Balaban J connectivity index is 2.12. The molecule has 0 aromatic heterocycles. The van der Waals surface area contributed by atoms with Crippen molar-refractivity contribution in [1.82, 2.24) is 0 Å².